The quantitative estimate of drug-likeness (QED) is 0.502. The number of hydrogen-bond donors (Lipinski definition) is 1. The molecule has 0 saturated heterocycles. The summed E-state index contributed by atoms with van der Waals surface area (Å²) in [6.45, 7) is -0.163. The Morgan fingerprint density at radius 3 is 2.75 bits per heavy atom. The maximum Gasteiger partial charge on any atom is 0.278 e. The van der Waals surface area contributed by atoms with E-state index in [1.54, 1.807) is 16.8 Å². The first-order chi connectivity index (χ1) is 17.5. The van der Waals surface area contributed by atoms with Gasteiger partial charge in [-0.2, -0.15) is 0 Å². The Labute approximate surface area is 209 Å². The predicted octanol–water partition coefficient (Wildman–Crippen LogP) is 3.88. The fourth-order valence-electron chi connectivity index (χ4n) is 5.06. The lowest BCUT2D eigenvalue weighted by molar-refractivity contribution is 0.0277. The summed E-state index contributed by atoms with van der Waals surface area (Å²) < 4.78 is 36.0. The highest BCUT2D eigenvalue weighted by atomic mass is 32.2. The molecule has 10 heteroatoms. The monoisotopic (exact) mass is 509 g/mol. The van der Waals surface area contributed by atoms with Crippen molar-refractivity contribution in [2.45, 2.75) is 29.2 Å². The van der Waals surface area contributed by atoms with Crippen molar-refractivity contribution >= 4 is 17.7 Å². The molecule has 0 radical (unpaired) electrons. The van der Waals surface area contributed by atoms with Gasteiger partial charge in [-0.05, 0) is 29.3 Å². The highest BCUT2D eigenvalue weighted by molar-refractivity contribution is 7.98. The van der Waals surface area contributed by atoms with Crippen LogP contribution in [0.3, 0.4) is 0 Å². The number of fused-ring (bicyclic) bond motifs is 7. The molecule has 0 unspecified atom stereocenters. The third-order valence-corrected chi connectivity index (χ3v) is 7.84. The second kappa shape index (κ2) is 8.70. The van der Waals surface area contributed by atoms with E-state index in [9.17, 15) is 23.5 Å². The number of benzene rings is 2. The third kappa shape index (κ3) is 3.47. The van der Waals surface area contributed by atoms with Crippen LogP contribution < -0.4 is 15.2 Å². The number of nitrogens with zero attached hydrogens (tertiary/aromatic N) is 3. The molecular weight excluding hydrogens is 488 g/mol. The summed E-state index contributed by atoms with van der Waals surface area (Å²) >= 11 is 1.65. The first-order valence-electron chi connectivity index (χ1n) is 11.4. The molecule has 3 aliphatic rings. The first-order valence-corrected chi connectivity index (χ1v) is 12.4. The van der Waals surface area contributed by atoms with Gasteiger partial charge in [-0.25, -0.2) is 8.78 Å². The highest BCUT2D eigenvalue weighted by Gasteiger charge is 2.43. The summed E-state index contributed by atoms with van der Waals surface area (Å²) in [5.41, 5.74) is 1.64. The summed E-state index contributed by atoms with van der Waals surface area (Å²) in [5.74, 6) is -0.356. The zero-order valence-electron chi connectivity index (χ0n) is 18.9. The van der Waals surface area contributed by atoms with Crippen molar-refractivity contribution in [3.8, 4) is 11.5 Å². The fraction of sp³-hybridized carbons (Fsp3) is 0.231. The molecule has 1 aromatic heterocycles. The molecule has 0 aliphatic carbocycles. The minimum atomic E-state index is -2.90. The van der Waals surface area contributed by atoms with Crippen LogP contribution in [0.4, 0.5) is 8.78 Å². The van der Waals surface area contributed by atoms with E-state index >= 15 is 0 Å². The topological polar surface area (TPSA) is 75.0 Å². The standard InChI is InChI=1S/C26H21F2N3O4S/c27-25(28)17-7-4-12-35-19-8-3-5-15-13-36-20-9-2-1-6-16(20)22(21(15)19)31-14-29(17)26(34)23-24(33)18(32)10-11-30(23)31/h1-11,17,22,25,33H,12-14H2/b7-4-/t17-,22+/m1/s1. The lowest BCUT2D eigenvalue weighted by atomic mass is 9.93. The van der Waals surface area contributed by atoms with Gasteiger partial charge in [-0.15, -0.1) is 11.8 Å². The molecule has 1 amide bonds. The van der Waals surface area contributed by atoms with Crippen LogP contribution in [0.15, 0.2) is 76.6 Å². The van der Waals surface area contributed by atoms with Crippen LogP contribution in [0.1, 0.15) is 33.2 Å². The molecule has 2 aromatic carbocycles. The van der Waals surface area contributed by atoms with Crippen LogP contribution in [0, 0.1) is 0 Å². The first kappa shape index (κ1) is 22.7. The number of pyridine rings is 1. The number of carbonyl (C=O) groups is 1. The maximum atomic E-state index is 14.3. The summed E-state index contributed by atoms with van der Waals surface area (Å²) in [6, 6.07) is 12.6. The van der Waals surface area contributed by atoms with Crippen LogP contribution >= 0.6 is 11.8 Å². The molecule has 6 rings (SSSR count). The Kier molecular flexibility index (Phi) is 5.48. The van der Waals surface area contributed by atoms with E-state index < -0.39 is 35.6 Å². The Hall–Kier alpha value is -3.79. The summed E-state index contributed by atoms with van der Waals surface area (Å²) in [4.78, 5) is 27.8. The Balaban J connectivity index is 1.69. The molecule has 3 aliphatic heterocycles. The van der Waals surface area contributed by atoms with Gasteiger partial charge in [0.2, 0.25) is 5.43 Å². The van der Waals surface area contributed by atoms with Gasteiger partial charge >= 0.3 is 0 Å². The number of aromatic nitrogens is 1. The largest absolute Gasteiger partial charge is 0.502 e. The van der Waals surface area contributed by atoms with Crippen LogP contribution in [0.25, 0.3) is 0 Å². The minimum Gasteiger partial charge on any atom is -0.502 e. The van der Waals surface area contributed by atoms with Crippen molar-refractivity contribution in [2.24, 2.45) is 0 Å². The molecule has 2 atom stereocenters. The summed E-state index contributed by atoms with van der Waals surface area (Å²) in [6.07, 6.45) is 1.23. The molecule has 1 N–H and O–H groups in total. The summed E-state index contributed by atoms with van der Waals surface area (Å²) in [7, 11) is 0. The smallest absolute Gasteiger partial charge is 0.278 e. The van der Waals surface area contributed by atoms with Gasteiger partial charge < -0.3 is 14.7 Å². The average Bonchev–Trinajstić information content (AvgIpc) is 3.05. The van der Waals surface area contributed by atoms with Crippen molar-refractivity contribution in [1.29, 1.82) is 0 Å². The van der Waals surface area contributed by atoms with E-state index in [0.717, 1.165) is 32.6 Å². The lowest BCUT2D eigenvalue weighted by Crippen LogP contribution is -2.59. The summed E-state index contributed by atoms with van der Waals surface area (Å²) in [5, 5.41) is 12.4. The Bertz CT molecular complexity index is 1460. The van der Waals surface area contributed by atoms with Crippen LogP contribution in [-0.2, 0) is 5.75 Å². The average molecular weight is 510 g/mol. The molecular formula is C26H21F2N3O4S. The maximum absolute atomic E-state index is 14.3. The predicted molar refractivity (Wildman–Crippen MR) is 130 cm³/mol. The van der Waals surface area contributed by atoms with Crippen LogP contribution in [-0.4, -0.2) is 46.3 Å². The van der Waals surface area contributed by atoms with Gasteiger partial charge in [0.15, 0.2) is 11.4 Å². The van der Waals surface area contributed by atoms with Gasteiger partial charge in [0.05, 0.1) is 0 Å². The molecule has 3 aromatic rings. The van der Waals surface area contributed by atoms with E-state index in [1.165, 1.54) is 23.0 Å². The number of hydrogen-bond acceptors (Lipinski definition) is 6. The van der Waals surface area contributed by atoms with E-state index in [-0.39, 0.29) is 19.0 Å². The van der Waals surface area contributed by atoms with Crippen molar-refractivity contribution < 1.29 is 23.4 Å². The normalized spacial score (nSPS) is 21.5. The highest BCUT2D eigenvalue weighted by Crippen LogP contribution is 2.46. The van der Waals surface area contributed by atoms with Gasteiger partial charge in [-0.1, -0.05) is 36.4 Å². The number of halogens is 2. The second-order valence-electron chi connectivity index (χ2n) is 8.70. The van der Waals surface area contributed by atoms with Gasteiger partial charge in [0, 0.05) is 28.5 Å². The third-order valence-electron chi connectivity index (χ3n) is 6.70. The van der Waals surface area contributed by atoms with Crippen molar-refractivity contribution in [3.05, 3.63) is 99.5 Å². The number of ether oxygens (including phenoxy) is 1. The SMILES string of the molecule is O=C1c2c(O)c(=O)ccn2N2CN1[C@@H](C(F)F)/C=C\COc1cccc3c1[C@@H]2c1ccccc1SC3. The zero-order chi connectivity index (χ0) is 25.0. The number of aromatic hydroxyl groups is 1. The minimum absolute atomic E-state index is 0.0409. The Morgan fingerprint density at radius 2 is 1.92 bits per heavy atom. The molecule has 4 heterocycles. The van der Waals surface area contributed by atoms with Crippen LogP contribution in [0.2, 0.25) is 0 Å². The lowest BCUT2D eigenvalue weighted by Gasteiger charge is -2.45. The fourth-order valence-corrected chi connectivity index (χ4v) is 6.14. The van der Waals surface area contributed by atoms with Gasteiger partial charge in [0.1, 0.15) is 31.1 Å². The van der Waals surface area contributed by atoms with Crippen LogP contribution in [0.5, 0.6) is 11.5 Å². The number of amides is 1. The molecule has 2 bridgehead atoms. The van der Waals surface area contributed by atoms with E-state index in [0.29, 0.717) is 11.5 Å². The number of carbonyl (C=O) groups excluding carboxylic acids is 1. The second-order valence-corrected chi connectivity index (χ2v) is 9.72. The molecule has 0 fully saturated rings. The van der Waals surface area contributed by atoms with Crippen molar-refractivity contribution in [2.75, 3.05) is 18.3 Å². The number of rotatable bonds is 1. The molecule has 36 heavy (non-hydrogen) atoms. The number of alkyl halides is 2. The molecule has 0 spiro atoms. The van der Waals surface area contributed by atoms with Gasteiger partial charge in [0.25, 0.3) is 12.3 Å². The number of thioether (sulfide) groups is 1. The molecule has 184 valence electrons. The van der Waals surface area contributed by atoms with Crippen molar-refractivity contribution in [1.82, 2.24) is 9.58 Å². The Morgan fingerprint density at radius 1 is 1.08 bits per heavy atom. The molecule has 7 nitrogen and oxygen atoms in total. The van der Waals surface area contributed by atoms with E-state index in [2.05, 4.69) is 0 Å². The van der Waals surface area contributed by atoms with Crippen molar-refractivity contribution in [3.63, 3.8) is 0 Å². The van der Waals surface area contributed by atoms with E-state index in [1.807, 2.05) is 42.5 Å². The zero-order valence-corrected chi connectivity index (χ0v) is 19.7. The van der Waals surface area contributed by atoms with Gasteiger partial charge in [-0.3, -0.25) is 19.3 Å². The van der Waals surface area contributed by atoms with E-state index in [4.69, 9.17) is 4.74 Å². The molecule has 0 saturated carbocycles.